The van der Waals surface area contributed by atoms with E-state index in [4.69, 9.17) is 21.1 Å². The highest BCUT2D eigenvalue weighted by atomic mass is 35.5. The fraction of sp³-hybridized carbons (Fsp3) is 0.478. The Labute approximate surface area is 176 Å². The number of ketones is 1. The number of benzene rings is 1. The SMILES string of the molecule is O=C(Cc1cc(-c2cccc(NCC3CCOCC3)c2)c(Cl)cn1)[C@@H]1CCCO1. The molecule has 4 rings (SSSR count). The van der Waals surface area contributed by atoms with Crippen molar-refractivity contribution in [1.82, 2.24) is 4.98 Å². The molecule has 2 saturated heterocycles. The van der Waals surface area contributed by atoms with E-state index in [1.807, 2.05) is 18.2 Å². The van der Waals surface area contributed by atoms with Crippen molar-refractivity contribution in [2.75, 3.05) is 31.7 Å². The van der Waals surface area contributed by atoms with Gasteiger partial charge in [0.2, 0.25) is 0 Å². The molecule has 0 amide bonds. The molecule has 0 radical (unpaired) electrons. The zero-order chi connectivity index (χ0) is 20.1. The van der Waals surface area contributed by atoms with Gasteiger partial charge < -0.3 is 14.8 Å². The van der Waals surface area contributed by atoms with Crippen molar-refractivity contribution in [3.05, 3.63) is 47.2 Å². The molecular weight excluding hydrogens is 388 g/mol. The number of nitrogens with one attached hydrogen (secondary N) is 1. The summed E-state index contributed by atoms with van der Waals surface area (Å²) in [4.78, 5) is 16.8. The summed E-state index contributed by atoms with van der Waals surface area (Å²) >= 11 is 6.44. The third kappa shape index (κ3) is 5.35. The predicted molar refractivity (Wildman–Crippen MR) is 114 cm³/mol. The lowest BCUT2D eigenvalue weighted by Crippen LogP contribution is -2.22. The Hall–Kier alpha value is -1.95. The lowest BCUT2D eigenvalue weighted by Gasteiger charge is -2.22. The van der Waals surface area contributed by atoms with Gasteiger partial charge in [-0.1, -0.05) is 23.7 Å². The summed E-state index contributed by atoms with van der Waals surface area (Å²) in [6, 6.07) is 10.2. The maximum Gasteiger partial charge on any atom is 0.167 e. The summed E-state index contributed by atoms with van der Waals surface area (Å²) in [5.41, 5.74) is 3.70. The number of nitrogens with zero attached hydrogens (tertiary/aromatic N) is 1. The van der Waals surface area contributed by atoms with Crippen LogP contribution < -0.4 is 5.32 Å². The molecule has 6 heteroatoms. The molecule has 2 aliphatic heterocycles. The topological polar surface area (TPSA) is 60.5 Å². The van der Waals surface area contributed by atoms with Crippen molar-refractivity contribution in [2.45, 2.75) is 38.2 Å². The van der Waals surface area contributed by atoms with Gasteiger partial charge in [0.05, 0.1) is 11.4 Å². The third-order valence-corrected chi connectivity index (χ3v) is 5.97. The van der Waals surface area contributed by atoms with Crippen LogP contribution in [0, 0.1) is 5.92 Å². The molecule has 1 atom stereocenters. The third-order valence-electron chi connectivity index (χ3n) is 5.67. The van der Waals surface area contributed by atoms with Crippen molar-refractivity contribution in [1.29, 1.82) is 0 Å². The van der Waals surface area contributed by atoms with Gasteiger partial charge in [0.1, 0.15) is 6.10 Å². The maximum atomic E-state index is 12.4. The Balaban J connectivity index is 1.46. The van der Waals surface area contributed by atoms with E-state index in [1.165, 1.54) is 0 Å². The average Bonchev–Trinajstić information content (AvgIpc) is 3.30. The van der Waals surface area contributed by atoms with Crippen LogP contribution in [-0.2, 0) is 20.7 Å². The second-order valence-corrected chi connectivity index (χ2v) is 8.22. The molecule has 0 spiro atoms. The molecule has 154 valence electrons. The number of hydrogen-bond donors (Lipinski definition) is 1. The molecule has 3 heterocycles. The van der Waals surface area contributed by atoms with Crippen LogP contribution in [0.15, 0.2) is 36.5 Å². The normalized spacial score (nSPS) is 20.0. The standard InChI is InChI=1S/C23H27ClN2O3/c24-21-15-26-19(13-22(27)23-5-2-8-29-23)12-20(21)17-3-1-4-18(11-17)25-14-16-6-9-28-10-7-16/h1,3-4,11-12,15-16,23,25H,2,5-10,13-14H2/t23-/m0/s1. The van der Waals surface area contributed by atoms with Crippen molar-refractivity contribution in [3.8, 4) is 11.1 Å². The van der Waals surface area contributed by atoms with Crippen LogP contribution in [0.4, 0.5) is 5.69 Å². The first kappa shape index (κ1) is 20.3. The number of anilines is 1. The minimum absolute atomic E-state index is 0.0927. The number of Topliss-reactive ketones (excluding diaryl/α,β-unsaturated/α-hetero) is 1. The Bertz CT molecular complexity index is 846. The van der Waals surface area contributed by atoms with Crippen molar-refractivity contribution in [3.63, 3.8) is 0 Å². The lowest BCUT2D eigenvalue weighted by molar-refractivity contribution is -0.127. The number of ether oxygens (including phenoxy) is 2. The molecular formula is C23H27ClN2O3. The second-order valence-electron chi connectivity index (χ2n) is 7.82. The Morgan fingerprint density at radius 1 is 1.17 bits per heavy atom. The minimum Gasteiger partial charge on any atom is -0.385 e. The lowest BCUT2D eigenvalue weighted by atomic mass is 10.00. The molecule has 1 N–H and O–H groups in total. The van der Waals surface area contributed by atoms with Crippen LogP contribution in [0.3, 0.4) is 0 Å². The summed E-state index contributed by atoms with van der Waals surface area (Å²) in [6.45, 7) is 3.32. The Morgan fingerprint density at radius 2 is 2.03 bits per heavy atom. The molecule has 2 aliphatic rings. The van der Waals surface area contributed by atoms with Gasteiger partial charge in [0.25, 0.3) is 0 Å². The zero-order valence-corrected chi connectivity index (χ0v) is 17.3. The van der Waals surface area contributed by atoms with E-state index in [9.17, 15) is 4.79 Å². The van der Waals surface area contributed by atoms with E-state index in [1.54, 1.807) is 6.20 Å². The number of rotatable bonds is 7. The number of carbonyl (C=O) groups excluding carboxylic acids is 1. The van der Waals surface area contributed by atoms with E-state index in [0.29, 0.717) is 17.5 Å². The van der Waals surface area contributed by atoms with Gasteiger partial charge in [-0.05, 0) is 55.4 Å². The zero-order valence-electron chi connectivity index (χ0n) is 16.5. The number of carbonyl (C=O) groups is 1. The van der Waals surface area contributed by atoms with Gasteiger partial charge in [0, 0.05) is 49.5 Å². The van der Waals surface area contributed by atoms with E-state index in [-0.39, 0.29) is 18.3 Å². The van der Waals surface area contributed by atoms with Crippen molar-refractivity contribution in [2.24, 2.45) is 5.92 Å². The number of halogens is 1. The highest BCUT2D eigenvalue weighted by Gasteiger charge is 2.24. The van der Waals surface area contributed by atoms with E-state index in [2.05, 4.69) is 22.4 Å². The molecule has 2 fully saturated rings. The van der Waals surface area contributed by atoms with Gasteiger partial charge in [-0.15, -0.1) is 0 Å². The fourth-order valence-electron chi connectivity index (χ4n) is 3.93. The molecule has 1 aromatic carbocycles. The predicted octanol–water partition coefficient (Wildman–Crippen LogP) is 4.53. The Kier molecular flexibility index (Phi) is 6.80. The highest BCUT2D eigenvalue weighted by Crippen LogP contribution is 2.30. The van der Waals surface area contributed by atoms with Crippen LogP contribution in [0.5, 0.6) is 0 Å². The van der Waals surface area contributed by atoms with Crippen molar-refractivity contribution < 1.29 is 14.3 Å². The smallest absolute Gasteiger partial charge is 0.167 e. The monoisotopic (exact) mass is 414 g/mol. The van der Waals surface area contributed by atoms with Crippen LogP contribution in [-0.4, -0.2) is 43.2 Å². The van der Waals surface area contributed by atoms with Gasteiger partial charge in [-0.3, -0.25) is 9.78 Å². The molecule has 0 saturated carbocycles. The van der Waals surface area contributed by atoms with E-state index < -0.39 is 0 Å². The second kappa shape index (κ2) is 9.70. The number of pyridine rings is 1. The van der Waals surface area contributed by atoms with Crippen LogP contribution in [0.1, 0.15) is 31.4 Å². The average molecular weight is 415 g/mol. The van der Waals surface area contributed by atoms with Crippen molar-refractivity contribution >= 4 is 23.1 Å². The summed E-state index contributed by atoms with van der Waals surface area (Å²) < 4.78 is 10.9. The number of hydrogen-bond acceptors (Lipinski definition) is 5. The summed E-state index contributed by atoms with van der Waals surface area (Å²) in [6.07, 6.45) is 5.58. The summed E-state index contributed by atoms with van der Waals surface area (Å²) in [5.74, 6) is 0.738. The highest BCUT2D eigenvalue weighted by molar-refractivity contribution is 6.33. The molecule has 0 aliphatic carbocycles. The van der Waals surface area contributed by atoms with Crippen LogP contribution in [0.2, 0.25) is 5.02 Å². The molecule has 29 heavy (non-hydrogen) atoms. The molecule has 2 aromatic rings. The first-order chi connectivity index (χ1) is 14.2. The molecule has 0 bridgehead atoms. The summed E-state index contributed by atoms with van der Waals surface area (Å²) in [7, 11) is 0. The largest absolute Gasteiger partial charge is 0.385 e. The van der Waals surface area contributed by atoms with Gasteiger partial charge in [-0.25, -0.2) is 0 Å². The van der Waals surface area contributed by atoms with Gasteiger partial charge in [0.15, 0.2) is 5.78 Å². The number of aromatic nitrogens is 1. The fourth-order valence-corrected chi connectivity index (χ4v) is 4.15. The molecule has 5 nitrogen and oxygen atoms in total. The van der Waals surface area contributed by atoms with Crippen LogP contribution >= 0.6 is 11.6 Å². The quantitative estimate of drug-likeness (QED) is 0.721. The minimum atomic E-state index is -0.284. The van der Waals surface area contributed by atoms with E-state index in [0.717, 1.165) is 68.0 Å². The Morgan fingerprint density at radius 3 is 2.83 bits per heavy atom. The molecule has 0 unspecified atom stereocenters. The van der Waals surface area contributed by atoms with E-state index >= 15 is 0 Å². The van der Waals surface area contributed by atoms with Crippen LogP contribution in [0.25, 0.3) is 11.1 Å². The van der Waals surface area contributed by atoms with Gasteiger partial charge >= 0.3 is 0 Å². The first-order valence-corrected chi connectivity index (χ1v) is 10.8. The summed E-state index contributed by atoms with van der Waals surface area (Å²) in [5, 5.41) is 4.13. The maximum absolute atomic E-state index is 12.4. The molecule has 1 aromatic heterocycles. The first-order valence-electron chi connectivity index (χ1n) is 10.4. The van der Waals surface area contributed by atoms with Gasteiger partial charge in [-0.2, -0.15) is 0 Å².